The van der Waals surface area contributed by atoms with Gasteiger partial charge in [0.15, 0.2) is 11.6 Å². The fourth-order valence-corrected chi connectivity index (χ4v) is 11.0. The Morgan fingerprint density at radius 3 is 1.30 bits per heavy atom. The summed E-state index contributed by atoms with van der Waals surface area (Å²) in [6.45, 7) is 9.65. The van der Waals surface area contributed by atoms with Crippen molar-refractivity contribution in [1.82, 2.24) is 40.2 Å². The Hall–Kier alpha value is -6.20. The molecular weight excluding hydrogens is 996 g/mol. The van der Waals surface area contributed by atoms with Crippen LogP contribution >= 0.6 is 45.9 Å². The molecule has 6 heterocycles. The quantitative estimate of drug-likeness (QED) is 0.0606. The van der Waals surface area contributed by atoms with Crippen molar-refractivity contribution in [2.45, 2.75) is 52.6 Å². The number of hydrogen-bond donors (Lipinski definition) is 2. The van der Waals surface area contributed by atoms with Gasteiger partial charge in [0.2, 0.25) is 0 Å². The fourth-order valence-electron chi connectivity index (χ4n) is 8.13. The largest absolute Gasteiger partial charge is 0.469 e. The van der Waals surface area contributed by atoms with Crippen LogP contribution < -0.4 is 10.6 Å². The number of carbonyl (C=O) groups is 4. The van der Waals surface area contributed by atoms with Crippen molar-refractivity contribution in [1.29, 1.82) is 0 Å². The number of carbonyl (C=O) groups excluding carboxylic acids is 4. The monoisotopic (exact) mass is 1040 g/mol. The Balaban J connectivity index is 0.792. The number of halogens is 2. The van der Waals surface area contributed by atoms with E-state index >= 15 is 0 Å². The average molecular weight is 1050 g/mol. The number of thiophene rings is 2. The number of ether oxygens (including phenoxy) is 5. The molecule has 2 atom stereocenters. The lowest BCUT2D eigenvalue weighted by Crippen LogP contribution is -2.28. The summed E-state index contributed by atoms with van der Waals surface area (Å²) in [5.74, 6) is 0.685. The molecule has 0 aliphatic carbocycles. The molecule has 372 valence electrons. The molecule has 2 aromatic carbocycles. The van der Waals surface area contributed by atoms with Gasteiger partial charge in [-0.05, 0) is 63.1 Å². The second kappa shape index (κ2) is 22.9. The minimum atomic E-state index is -0.680. The van der Waals surface area contributed by atoms with Crippen LogP contribution in [0.1, 0.15) is 101 Å². The highest BCUT2D eigenvalue weighted by atomic mass is 35.5. The molecule has 23 heteroatoms. The van der Waals surface area contributed by atoms with Gasteiger partial charge >= 0.3 is 11.9 Å². The maximum atomic E-state index is 13.7. The average Bonchev–Trinajstić information content (AvgIpc) is 4.08. The van der Waals surface area contributed by atoms with Gasteiger partial charge < -0.3 is 34.3 Å². The molecule has 2 aliphatic rings. The Kier molecular flexibility index (Phi) is 16.5. The summed E-state index contributed by atoms with van der Waals surface area (Å²) in [7, 11) is 2.66. The number of aryl methyl sites for hydroxylation is 2. The van der Waals surface area contributed by atoms with Crippen LogP contribution in [-0.4, -0.2) is 132 Å². The molecule has 0 bridgehead atoms. The zero-order valence-electron chi connectivity index (χ0n) is 39.7. The highest BCUT2D eigenvalue weighted by molar-refractivity contribution is 7.17. The third kappa shape index (κ3) is 11.2. The summed E-state index contributed by atoms with van der Waals surface area (Å²) in [6.07, 6.45) is -0.0908. The van der Waals surface area contributed by atoms with E-state index in [0.29, 0.717) is 91.0 Å². The van der Waals surface area contributed by atoms with Crippen LogP contribution in [0.3, 0.4) is 0 Å². The number of esters is 2. The topological polar surface area (TPSA) is 225 Å². The van der Waals surface area contributed by atoms with Crippen molar-refractivity contribution >= 4 is 81.1 Å². The van der Waals surface area contributed by atoms with Gasteiger partial charge in [-0.3, -0.25) is 38.3 Å². The van der Waals surface area contributed by atoms with E-state index in [1.807, 2.05) is 61.1 Å². The van der Waals surface area contributed by atoms with Crippen LogP contribution in [0.15, 0.2) is 58.5 Å². The molecule has 2 N–H and O–H groups in total. The van der Waals surface area contributed by atoms with Crippen LogP contribution in [0, 0.1) is 27.7 Å². The van der Waals surface area contributed by atoms with Gasteiger partial charge in [0, 0.05) is 45.4 Å². The highest BCUT2D eigenvalue weighted by Gasteiger charge is 2.36. The molecule has 0 saturated heterocycles. The summed E-state index contributed by atoms with van der Waals surface area (Å²) >= 11 is 15.1. The molecule has 8 rings (SSSR count). The summed E-state index contributed by atoms with van der Waals surface area (Å²) < 4.78 is 30.8. The number of amides is 2. The first-order chi connectivity index (χ1) is 34.3. The number of fused-ring (bicyclic) bond motifs is 6. The molecule has 0 fully saturated rings. The number of nitrogens with zero attached hydrogens (tertiary/aromatic N) is 8. The van der Waals surface area contributed by atoms with E-state index in [2.05, 4.69) is 31.0 Å². The van der Waals surface area contributed by atoms with Crippen molar-refractivity contribution in [3.63, 3.8) is 0 Å². The second-order valence-electron chi connectivity index (χ2n) is 16.3. The highest BCUT2D eigenvalue weighted by Crippen LogP contribution is 2.42. The SMILES string of the molecule is COC(=O)C[C@@H]1N=C(c2ccc(Cl)cc2)c2c(sc(C(=O)NCCOCCOCCOCCNC(=O)c3sc4c(c3C)C(c3ccc(Cl)cc3)=N[C@@H](CC(=O)OC)c3nnc(C)n3-4)c2C)-n2c(C)nnc21. The van der Waals surface area contributed by atoms with Gasteiger partial charge in [-0.15, -0.1) is 43.1 Å². The third-order valence-electron chi connectivity index (χ3n) is 11.6. The van der Waals surface area contributed by atoms with E-state index in [1.165, 1.54) is 36.9 Å². The van der Waals surface area contributed by atoms with Crippen molar-refractivity contribution in [2.75, 3.05) is 67.0 Å². The van der Waals surface area contributed by atoms with Crippen LogP contribution in [-0.2, 0) is 33.3 Å². The van der Waals surface area contributed by atoms with Crippen LogP contribution in [0.25, 0.3) is 10.0 Å². The smallest absolute Gasteiger partial charge is 0.308 e. The molecule has 0 unspecified atom stereocenters. The molecule has 0 spiro atoms. The van der Waals surface area contributed by atoms with Crippen molar-refractivity contribution in [2.24, 2.45) is 9.98 Å². The number of aliphatic imine (C=N–C) groups is 2. The first-order valence-corrected chi connectivity index (χ1v) is 24.9. The fraction of sp³-hybridized carbons (Fsp3) is 0.375. The van der Waals surface area contributed by atoms with Crippen LogP contribution in [0.4, 0.5) is 0 Å². The lowest BCUT2D eigenvalue weighted by Gasteiger charge is -2.12. The molecule has 2 aliphatic heterocycles. The zero-order valence-corrected chi connectivity index (χ0v) is 42.8. The Bertz CT molecular complexity index is 2820. The van der Waals surface area contributed by atoms with Gasteiger partial charge in [-0.2, -0.15) is 0 Å². The Morgan fingerprint density at radius 2 is 0.930 bits per heavy atom. The van der Waals surface area contributed by atoms with Gasteiger partial charge in [-0.25, -0.2) is 0 Å². The lowest BCUT2D eigenvalue weighted by molar-refractivity contribution is -0.142. The zero-order chi connectivity index (χ0) is 50.3. The number of benzene rings is 2. The number of aromatic nitrogens is 6. The second-order valence-corrected chi connectivity index (χ2v) is 19.1. The third-order valence-corrected chi connectivity index (χ3v) is 14.7. The van der Waals surface area contributed by atoms with E-state index in [-0.39, 0.29) is 51.0 Å². The molecule has 6 aromatic rings. The summed E-state index contributed by atoms with van der Waals surface area (Å²) in [5.41, 5.74) is 5.63. The van der Waals surface area contributed by atoms with Gasteiger partial charge in [0.25, 0.3) is 11.8 Å². The number of methoxy groups -OCH3 is 2. The summed E-state index contributed by atoms with van der Waals surface area (Å²) in [5, 5.41) is 25.9. The van der Waals surface area contributed by atoms with Crippen molar-refractivity contribution in [3.05, 3.63) is 125 Å². The molecular formula is C48H50Cl2N10O9S2. The predicted octanol–water partition coefficient (Wildman–Crippen LogP) is 6.63. The molecule has 0 radical (unpaired) electrons. The number of nitrogens with one attached hydrogen (secondary N) is 2. The summed E-state index contributed by atoms with van der Waals surface area (Å²) in [4.78, 5) is 63.3. The minimum Gasteiger partial charge on any atom is -0.469 e. The predicted molar refractivity (Wildman–Crippen MR) is 267 cm³/mol. The van der Waals surface area contributed by atoms with E-state index in [9.17, 15) is 19.2 Å². The van der Waals surface area contributed by atoms with E-state index < -0.39 is 24.0 Å². The molecule has 0 saturated carbocycles. The van der Waals surface area contributed by atoms with Gasteiger partial charge in [-0.1, -0.05) is 47.5 Å². The first kappa shape index (κ1) is 51.2. The van der Waals surface area contributed by atoms with Crippen LogP contribution in [0.5, 0.6) is 0 Å². The lowest BCUT2D eigenvalue weighted by atomic mass is 9.99. The molecule has 4 aromatic heterocycles. The molecule has 2 amide bonds. The standard InChI is InChI=1S/C48H50Cl2N10O9S2/c1-25-37-39(29-7-11-31(49)12-8-29)53-33(23-35(61)65-5)43-57-55-27(3)59(43)47(37)70-41(25)45(63)51-15-17-67-19-21-69-22-20-68-18-16-52-46(64)42-26(2)38-40(30-9-13-32(50)14-10-30)54-34(24-36(62)66-6)44-58-56-28(4)60(44)48(38)71-42/h7-14,33-34H,15-24H2,1-6H3,(H,51,63)(H,52,64)/t33-,34-/m0/s1. The minimum absolute atomic E-state index is 0.0454. The number of rotatable bonds is 20. The maximum absolute atomic E-state index is 13.7. The Labute approximate surface area is 426 Å². The van der Waals surface area contributed by atoms with E-state index in [1.54, 1.807) is 24.3 Å². The molecule has 71 heavy (non-hydrogen) atoms. The normalized spacial score (nSPS) is 14.8. The van der Waals surface area contributed by atoms with Crippen LogP contribution in [0.2, 0.25) is 10.0 Å². The summed E-state index contributed by atoms with van der Waals surface area (Å²) in [6, 6.07) is 13.1. The number of hydrogen-bond acceptors (Lipinski definition) is 17. The van der Waals surface area contributed by atoms with E-state index in [0.717, 1.165) is 33.4 Å². The van der Waals surface area contributed by atoms with Gasteiger partial charge in [0.1, 0.15) is 33.7 Å². The van der Waals surface area contributed by atoms with E-state index in [4.69, 9.17) is 56.9 Å². The van der Waals surface area contributed by atoms with Crippen molar-refractivity contribution in [3.8, 4) is 10.0 Å². The maximum Gasteiger partial charge on any atom is 0.308 e. The Morgan fingerprint density at radius 1 is 0.563 bits per heavy atom. The first-order valence-electron chi connectivity index (χ1n) is 22.5. The van der Waals surface area contributed by atoms with Crippen molar-refractivity contribution < 1.29 is 42.9 Å². The van der Waals surface area contributed by atoms with Gasteiger partial charge in [0.05, 0.1) is 87.9 Å². The molecule has 19 nitrogen and oxygen atoms in total.